The maximum absolute atomic E-state index is 13.5. The number of nitrogens with one attached hydrogen (secondary N) is 1. The number of rotatable bonds is 9. The van der Waals surface area contributed by atoms with Crippen LogP contribution in [0, 0.1) is 5.82 Å². The Morgan fingerprint density at radius 2 is 2.04 bits per heavy atom. The van der Waals surface area contributed by atoms with E-state index in [2.05, 4.69) is 5.32 Å². The monoisotopic (exact) mass is 323 g/mol. The lowest BCUT2D eigenvalue weighted by atomic mass is 9.78. The predicted molar refractivity (Wildman–Crippen MR) is 86.9 cm³/mol. The molecule has 4 nitrogen and oxygen atoms in total. The molecule has 23 heavy (non-hydrogen) atoms. The second-order valence-electron chi connectivity index (χ2n) is 6.01. The molecule has 0 spiro atoms. The number of halogens is 1. The fourth-order valence-corrected chi connectivity index (χ4v) is 3.20. The normalized spacial score (nSPS) is 16.4. The molecule has 1 aromatic carbocycles. The quantitative estimate of drug-likeness (QED) is 0.711. The minimum absolute atomic E-state index is 0.0116. The van der Waals surface area contributed by atoms with Gasteiger partial charge in [-0.05, 0) is 37.0 Å². The van der Waals surface area contributed by atoms with E-state index in [4.69, 9.17) is 9.47 Å². The van der Waals surface area contributed by atoms with E-state index < -0.39 is 5.41 Å². The van der Waals surface area contributed by atoms with Crippen molar-refractivity contribution in [2.75, 3.05) is 33.5 Å². The van der Waals surface area contributed by atoms with Crippen molar-refractivity contribution in [3.8, 4) is 0 Å². The number of hydrogen-bond acceptors (Lipinski definition) is 3. The Bertz CT molecular complexity index is 501. The zero-order chi connectivity index (χ0) is 16.5. The first-order valence-corrected chi connectivity index (χ1v) is 8.30. The lowest BCUT2D eigenvalue weighted by molar-refractivity contribution is -0.126. The molecule has 0 radical (unpaired) electrons. The average molecular weight is 323 g/mol. The molecule has 5 heteroatoms. The topological polar surface area (TPSA) is 47.6 Å². The second-order valence-corrected chi connectivity index (χ2v) is 6.01. The first-order valence-electron chi connectivity index (χ1n) is 8.30. The molecule has 1 aliphatic rings. The molecule has 0 aliphatic heterocycles. The number of amides is 1. The Labute approximate surface area is 137 Å². The Balaban J connectivity index is 1.87. The highest BCUT2D eigenvalue weighted by molar-refractivity contribution is 5.88. The van der Waals surface area contributed by atoms with Crippen molar-refractivity contribution in [1.82, 2.24) is 5.32 Å². The van der Waals surface area contributed by atoms with Crippen LogP contribution in [0.3, 0.4) is 0 Å². The molecule has 1 N–H and O–H groups in total. The van der Waals surface area contributed by atoms with Crippen LogP contribution in [-0.2, 0) is 19.7 Å². The predicted octanol–water partition coefficient (Wildman–Crippen LogP) is 2.81. The maximum Gasteiger partial charge on any atom is 0.230 e. The summed E-state index contributed by atoms with van der Waals surface area (Å²) in [6, 6.07) is 6.46. The number of carbonyl (C=O) groups is 1. The van der Waals surface area contributed by atoms with Gasteiger partial charge in [0.1, 0.15) is 5.82 Å². The van der Waals surface area contributed by atoms with E-state index in [0.29, 0.717) is 26.4 Å². The smallest absolute Gasteiger partial charge is 0.230 e. The number of methoxy groups -OCH3 is 1. The van der Waals surface area contributed by atoms with Crippen LogP contribution in [0.25, 0.3) is 0 Å². The van der Waals surface area contributed by atoms with Crippen LogP contribution < -0.4 is 5.32 Å². The summed E-state index contributed by atoms with van der Waals surface area (Å²) >= 11 is 0. The van der Waals surface area contributed by atoms with Crippen molar-refractivity contribution in [1.29, 1.82) is 0 Å². The molecule has 1 fully saturated rings. The summed E-state index contributed by atoms with van der Waals surface area (Å²) < 4.78 is 23.8. The summed E-state index contributed by atoms with van der Waals surface area (Å²) in [5.74, 6) is -0.273. The number of ether oxygens (including phenoxy) is 2. The molecule has 2 rings (SSSR count). The highest BCUT2D eigenvalue weighted by Crippen LogP contribution is 2.41. The summed E-state index contributed by atoms with van der Waals surface area (Å²) in [5, 5.41) is 3.00. The van der Waals surface area contributed by atoms with Crippen LogP contribution in [0.4, 0.5) is 4.39 Å². The van der Waals surface area contributed by atoms with Crippen molar-refractivity contribution < 1.29 is 18.7 Å². The van der Waals surface area contributed by atoms with E-state index in [1.54, 1.807) is 13.2 Å². The number of carbonyl (C=O) groups excluding carboxylic acids is 1. The van der Waals surface area contributed by atoms with Crippen LogP contribution in [0.15, 0.2) is 24.3 Å². The molecule has 128 valence electrons. The Morgan fingerprint density at radius 3 is 2.74 bits per heavy atom. The molecule has 0 aromatic heterocycles. The van der Waals surface area contributed by atoms with Crippen molar-refractivity contribution in [2.24, 2.45) is 0 Å². The lowest BCUT2D eigenvalue weighted by Crippen LogP contribution is -2.43. The van der Waals surface area contributed by atoms with Gasteiger partial charge in [-0.15, -0.1) is 0 Å². The van der Waals surface area contributed by atoms with Gasteiger partial charge in [-0.3, -0.25) is 4.79 Å². The van der Waals surface area contributed by atoms with Gasteiger partial charge in [0.2, 0.25) is 5.91 Å². The van der Waals surface area contributed by atoms with Gasteiger partial charge >= 0.3 is 0 Å². The third-order valence-electron chi connectivity index (χ3n) is 4.45. The highest BCUT2D eigenvalue weighted by atomic mass is 19.1. The van der Waals surface area contributed by atoms with Crippen molar-refractivity contribution in [2.45, 2.75) is 37.5 Å². The summed E-state index contributed by atoms with van der Waals surface area (Å²) in [6.07, 6.45) is 4.34. The van der Waals surface area contributed by atoms with E-state index in [1.165, 1.54) is 12.1 Å². The molecule has 0 bridgehead atoms. The van der Waals surface area contributed by atoms with Crippen molar-refractivity contribution >= 4 is 5.91 Å². The summed E-state index contributed by atoms with van der Waals surface area (Å²) in [5.41, 5.74) is 0.225. The molecule has 0 atom stereocenters. The standard InChI is InChI=1S/C18H26FNO3/c1-22-12-13-23-11-5-10-20-17(21)18(8-2-3-9-18)15-6-4-7-16(19)14-15/h4,6-7,14H,2-3,5,8-13H2,1H3,(H,20,21). The minimum atomic E-state index is -0.570. The third-order valence-corrected chi connectivity index (χ3v) is 4.45. The Hall–Kier alpha value is -1.46. The zero-order valence-corrected chi connectivity index (χ0v) is 13.8. The van der Waals surface area contributed by atoms with Crippen LogP contribution in [-0.4, -0.2) is 39.4 Å². The van der Waals surface area contributed by atoms with E-state index in [9.17, 15) is 9.18 Å². The SMILES string of the molecule is COCCOCCCNC(=O)C1(c2cccc(F)c2)CCCC1. The summed E-state index contributed by atoms with van der Waals surface area (Å²) in [6.45, 7) is 2.31. The molecular formula is C18H26FNO3. The molecule has 1 aromatic rings. The molecule has 1 aliphatic carbocycles. The Kier molecular flexibility index (Phi) is 6.99. The van der Waals surface area contributed by atoms with Crippen LogP contribution in [0.1, 0.15) is 37.7 Å². The van der Waals surface area contributed by atoms with Gasteiger partial charge in [-0.2, -0.15) is 0 Å². The first-order chi connectivity index (χ1) is 11.2. The largest absolute Gasteiger partial charge is 0.382 e. The van der Waals surface area contributed by atoms with Crippen LogP contribution in [0.2, 0.25) is 0 Å². The van der Waals surface area contributed by atoms with Gasteiger partial charge in [0, 0.05) is 20.3 Å². The lowest BCUT2D eigenvalue weighted by Gasteiger charge is -2.28. The summed E-state index contributed by atoms with van der Waals surface area (Å²) in [7, 11) is 1.64. The number of hydrogen-bond donors (Lipinski definition) is 1. The molecule has 1 saturated carbocycles. The summed E-state index contributed by atoms with van der Waals surface area (Å²) in [4.78, 5) is 12.7. The van der Waals surface area contributed by atoms with Gasteiger partial charge in [0.25, 0.3) is 0 Å². The second kappa shape index (κ2) is 8.99. The van der Waals surface area contributed by atoms with Gasteiger partial charge in [0.05, 0.1) is 18.6 Å². The zero-order valence-electron chi connectivity index (χ0n) is 13.8. The molecule has 1 amide bonds. The van der Waals surface area contributed by atoms with Gasteiger partial charge in [-0.25, -0.2) is 4.39 Å². The molecular weight excluding hydrogens is 297 g/mol. The van der Waals surface area contributed by atoms with Gasteiger partial charge in [0.15, 0.2) is 0 Å². The first kappa shape index (κ1) is 17.9. The number of benzene rings is 1. The van der Waals surface area contributed by atoms with Crippen molar-refractivity contribution in [3.63, 3.8) is 0 Å². The highest BCUT2D eigenvalue weighted by Gasteiger charge is 2.42. The third kappa shape index (κ3) is 4.75. The molecule has 0 heterocycles. The fourth-order valence-electron chi connectivity index (χ4n) is 3.20. The van der Waals surface area contributed by atoms with E-state index >= 15 is 0 Å². The fraction of sp³-hybridized carbons (Fsp3) is 0.611. The van der Waals surface area contributed by atoms with E-state index in [-0.39, 0.29) is 11.7 Å². The van der Waals surface area contributed by atoms with Gasteiger partial charge in [-0.1, -0.05) is 25.0 Å². The van der Waals surface area contributed by atoms with Crippen LogP contribution in [0.5, 0.6) is 0 Å². The van der Waals surface area contributed by atoms with Gasteiger partial charge < -0.3 is 14.8 Å². The average Bonchev–Trinajstić information content (AvgIpc) is 3.05. The van der Waals surface area contributed by atoms with E-state index in [0.717, 1.165) is 37.7 Å². The molecule has 0 saturated heterocycles. The van der Waals surface area contributed by atoms with Crippen LogP contribution >= 0.6 is 0 Å². The Morgan fingerprint density at radius 1 is 1.26 bits per heavy atom. The van der Waals surface area contributed by atoms with E-state index in [1.807, 2.05) is 6.07 Å². The van der Waals surface area contributed by atoms with Crippen molar-refractivity contribution in [3.05, 3.63) is 35.6 Å². The maximum atomic E-state index is 13.5. The minimum Gasteiger partial charge on any atom is -0.382 e. The molecule has 0 unspecified atom stereocenters.